The van der Waals surface area contributed by atoms with Crippen LogP contribution in [0.3, 0.4) is 0 Å². The van der Waals surface area contributed by atoms with Gasteiger partial charge in [0.05, 0.1) is 6.04 Å². The van der Waals surface area contributed by atoms with Gasteiger partial charge >= 0.3 is 0 Å². The van der Waals surface area contributed by atoms with Gasteiger partial charge in [-0.25, -0.2) is 0 Å². The van der Waals surface area contributed by atoms with Crippen molar-refractivity contribution >= 4 is 29.1 Å². The second-order valence-electron chi connectivity index (χ2n) is 6.21. The van der Waals surface area contributed by atoms with Gasteiger partial charge in [-0.3, -0.25) is 4.79 Å². The maximum absolute atomic E-state index is 12.8. The monoisotopic (exact) mass is 348 g/mol. The summed E-state index contributed by atoms with van der Waals surface area (Å²) in [5.41, 5.74) is 0.432. The first-order valence-electron chi connectivity index (χ1n) is 8.21. The molecule has 130 valence electrons. The lowest BCUT2D eigenvalue weighted by Crippen LogP contribution is -2.54. The molecule has 0 aromatic heterocycles. The molecular formula is C19H25ClN2O2. The Kier molecular flexibility index (Phi) is 6.21. The second-order valence-corrected chi connectivity index (χ2v) is 6.21. The Morgan fingerprint density at radius 2 is 1.83 bits per heavy atom. The van der Waals surface area contributed by atoms with Crippen LogP contribution in [0.4, 0.5) is 0 Å². The van der Waals surface area contributed by atoms with E-state index in [0.717, 1.165) is 18.7 Å². The number of hydrogen-bond donors (Lipinski definition) is 2. The van der Waals surface area contributed by atoms with Crippen LogP contribution in [0.5, 0.6) is 0 Å². The predicted octanol–water partition coefficient (Wildman–Crippen LogP) is 3.21. The van der Waals surface area contributed by atoms with Crippen molar-refractivity contribution in [1.29, 1.82) is 0 Å². The predicted molar refractivity (Wildman–Crippen MR) is 99.6 cm³/mol. The molecule has 1 aliphatic heterocycles. The molecular weight excluding hydrogens is 324 g/mol. The maximum atomic E-state index is 12.8. The Labute approximate surface area is 149 Å². The molecule has 1 saturated heterocycles. The Hall–Kier alpha value is -1.62. The summed E-state index contributed by atoms with van der Waals surface area (Å²) in [5, 5.41) is 8.81. The highest BCUT2D eigenvalue weighted by Gasteiger charge is 2.40. The van der Waals surface area contributed by atoms with Crippen molar-refractivity contribution in [3.05, 3.63) is 48.0 Å². The van der Waals surface area contributed by atoms with Crippen molar-refractivity contribution in [2.75, 3.05) is 20.2 Å². The number of rotatable bonds is 4. The Bertz CT molecular complexity index is 693. The van der Waals surface area contributed by atoms with Gasteiger partial charge in [-0.1, -0.05) is 42.5 Å². The number of carbonyl (C=O) groups is 1. The van der Waals surface area contributed by atoms with E-state index in [4.69, 9.17) is 4.74 Å². The third kappa shape index (κ3) is 3.56. The molecule has 5 heteroatoms. The van der Waals surface area contributed by atoms with E-state index in [9.17, 15) is 4.79 Å². The highest BCUT2D eigenvalue weighted by molar-refractivity contribution is 5.88. The number of amides is 1. The molecule has 2 aromatic carbocycles. The summed E-state index contributed by atoms with van der Waals surface area (Å²) in [7, 11) is 1.63. The lowest BCUT2D eigenvalue weighted by molar-refractivity contribution is -0.147. The van der Waals surface area contributed by atoms with Gasteiger partial charge in [-0.15, -0.1) is 12.4 Å². The molecule has 1 aliphatic rings. The van der Waals surface area contributed by atoms with Gasteiger partial charge in [0.25, 0.3) is 5.91 Å². The summed E-state index contributed by atoms with van der Waals surface area (Å²) in [6.07, 6.45) is 1.41. The number of fused-ring (bicyclic) bond motifs is 1. The van der Waals surface area contributed by atoms with Crippen molar-refractivity contribution in [1.82, 2.24) is 10.6 Å². The van der Waals surface area contributed by atoms with E-state index in [-0.39, 0.29) is 24.4 Å². The SMILES string of the molecule is COC1(C(=O)NC(C)c2cccc3ccccc23)CCNCC1.Cl. The molecule has 1 amide bonds. The third-order valence-electron chi connectivity index (χ3n) is 4.85. The van der Waals surface area contributed by atoms with Gasteiger partial charge in [0.1, 0.15) is 5.60 Å². The van der Waals surface area contributed by atoms with Crippen LogP contribution >= 0.6 is 12.4 Å². The molecule has 4 nitrogen and oxygen atoms in total. The van der Waals surface area contributed by atoms with Gasteiger partial charge in [0.15, 0.2) is 0 Å². The zero-order valence-electron chi connectivity index (χ0n) is 14.2. The fourth-order valence-corrected chi connectivity index (χ4v) is 3.39. The van der Waals surface area contributed by atoms with Crippen molar-refractivity contribution in [2.45, 2.75) is 31.4 Å². The quantitative estimate of drug-likeness (QED) is 0.892. The third-order valence-corrected chi connectivity index (χ3v) is 4.85. The molecule has 0 bridgehead atoms. The summed E-state index contributed by atoms with van der Waals surface area (Å²) >= 11 is 0. The lowest BCUT2D eigenvalue weighted by Gasteiger charge is -2.35. The normalized spacial score (nSPS) is 17.8. The van der Waals surface area contributed by atoms with E-state index >= 15 is 0 Å². The minimum absolute atomic E-state index is 0. The smallest absolute Gasteiger partial charge is 0.252 e. The molecule has 24 heavy (non-hydrogen) atoms. The molecule has 2 aromatic rings. The zero-order valence-corrected chi connectivity index (χ0v) is 15.0. The highest BCUT2D eigenvalue weighted by Crippen LogP contribution is 2.27. The highest BCUT2D eigenvalue weighted by atomic mass is 35.5. The molecule has 1 atom stereocenters. The minimum Gasteiger partial charge on any atom is -0.368 e. The molecule has 1 unspecified atom stereocenters. The van der Waals surface area contributed by atoms with Gasteiger partial charge in [-0.2, -0.15) is 0 Å². The Balaban J connectivity index is 0.00000208. The largest absolute Gasteiger partial charge is 0.368 e. The van der Waals surface area contributed by atoms with Gasteiger partial charge < -0.3 is 15.4 Å². The molecule has 0 aliphatic carbocycles. The standard InChI is InChI=1S/C19H24N2O2.ClH/c1-14(16-9-5-7-15-6-3-4-8-17(15)16)21-18(22)19(23-2)10-12-20-13-11-19;/h3-9,14,20H,10-13H2,1-2H3,(H,21,22);1H. The number of nitrogens with one attached hydrogen (secondary N) is 2. The topological polar surface area (TPSA) is 50.4 Å². The molecule has 1 heterocycles. The van der Waals surface area contributed by atoms with Crippen molar-refractivity contribution in [3.8, 4) is 0 Å². The first-order valence-corrected chi connectivity index (χ1v) is 8.21. The Morgan fingerprint density at radius 1 is 1.17 bits per heavy atom. The van der Waals surface area contributed by atoms with Crippen LogP contribution in [-0.2, 0) is 9.53 Å². The summed E-state index contributed by atoms with van der Waals surface area (Å²) in [5.74, 6) is -0.0121. The fourth-order valence-electron chi connectivity index (χ4n) is 3.39. The lowest BCUT2D eigenvalue weighted by atomic mass is 9.90. The molecule has 3 rings (SSSR count). The average molecular weight is 349 g/mol. The molecule has 0 spiro atoms. The maximum Gasteiger partial charge on any atom is 0.252 e. The van der Waals surface area contributed by atoms with Gasteiger partial charge in [0.2, 0.25) is 0 Å². The van der Waals surface area contributed by atoms with Crippen LogP contribution in [0, 0.1) is 0 Å². The van der Waals surface area contributed by atoms with Crippen LogP contribution in [0.15, 0.2) is 42.5 Å². The van der Waals surface area contributed by atoms with E-state index in [1.54, 1.807) is 7.11 Å². The van der Waals surface area contributed by atoms with Gasteiger partial charge in [0, 0.05) is 7.11 Å². The number of carbonyl (C=O) groups excluding carboxylic acids is 1. The summed E-state index contributed by atoms with van der Waals surface area (Å²) in [6, 6.07) is 14.4. The summed E-state index contributed by atoms with van der Waals surface area (Å²) in [6.45, 7) is 3.65. The second kappa shape index (κ2) is 7.97. The minimum atomic E-state index is -0.704. The van der Waals surface area contributed by atoms with Crippen LogP contribution in [0.1, 0.15) is 31.4 Å². The Morgan fingerprint density at radius 3 is 2.54 bits per heavy atom. The van der Waals surface area contributed by atoms with Crippen molar-refractivity contribution < 1.29 is 9.53 Å². The first kappa shape index (κ1) is 18.7. The van der Waals surface area contributed by atoms with E-state index in [2.05, 4.69) is 34.9 Å². The van der Waals surface area contributed by atoms with Crippen LogP contribution < -0.4 is 10.6 Å². The molecule has 2 N–H and O–H groups in total. The summed E-state index contributed by atoms with van der Waals surface area (Å²) in [4.78, 5) is 12.8. The zero-order chi connectivity index (χ0) is 16.3. The fraction of sp³-hybridized carbons (Fsp3) is 0.421. The first-order chi connectivity index (χ1) is 11.2. The number of methoxy groups -OCH3 is 1. The number of hydrogen-bond acceptors (Lipinski definition) is 3. The van der Waals surface area contributed by atoms with Crippen LogP contribution in [-0.4, -0.2) is 31.7 Å². The van der Waals surface area contributed by atoms with E-state index < -0.39 is 5.60 Å². The molecule has 1 fully saturated rings. The molecule has 0 radical (unpaired) electrons. The number of ether oxygens (including phenoxy) is 1. The van der Waals surface area contributed by atoms with Crippen molar-refractivity contribution in [2.24, 2.45) is 0 Å². The number of piperidine rings is 1. The van der Waals surface area contributed by atoms with Crippen LogP contribution in [0.2, 0.25) is 0 Å². The average Bonchev–Trinajstić information content (AvgIpc) is 2.61. The van der Waals surface area contributed by atoms with E-state index in [1.165, 1.54) is 10.8 Å². The number of benzene rings is 2. The van der Waals surface area contributed by atoms with Gasteiger partial charge in [-0.05, 0) is 49.2 Å². The van der Waals surface area contributed by atoms with Crippen LogP contribution in [0.25, 0.3) is 10.8 Å². The molecule has 0 saturated carbocycles. The van der Waals surface area contributed by atoms with E-state index in [1.807, 2.05) is 25.1 Å². The number of halogens is 1. The van der Waals surface area contributed by atoms with E-state index in [0.29, 0.717) is 12.8 Å². The van der Waals surface area contributed by atoms with Crippen molar-refractivity contribution in [3.63, 3.8) is 0 Å². The summed E-state index contributed by atoms with van der Waals surface area (Å²) < 4.78 is 5.61.